The zero-order chi connectivity index (χ0) is 18.8. The van der Waals surface area contributed by atoms with Crippen molar-refractivity contribution in [1.82, 2.24) is 16.0 Å². The van der Waals surface area contributed by atoms with Gasteiger partial charge in [-0.1, -0.05) is 55.0 Å². The lowest BCUT2D eigenvalue weighted by Crippen LogP contribution is -2.36. The molecule has 0 aliphatic rings. The molecule has 2 aromatic rings. The van der Waals surface area contributed by atoms with Gasteiger partial charge in [-0.25, -0.2) is 0 Å². The highest BCUT2D eigenvalue weighted by Gasteiger charge is 2.19. The Bertz CT molecular complexity index is 705. The number of carbonyl (C=O) groups excluding carboxylic acids is 2. The van der Waals surface area contributed by atoms with Gasteiger partial charge in [-0.05, 0) is 31.2 Å². The molecule has 5 nitrogen and oxygen atoms in total. The smallest absolute Gasteiger partial charge is 0.251 e. The quantitative estimate of drug-likeness (QED) is 0.577. The van der Waals surface area contributed by atoms with E-state index in [1.54, 1.807) is 12.1 Å². The average molecular weight is 390 g/mol. The van der Waals surface area contributed by atoms with Crippen LogP contribution in [0.4, 0.5) is 0 Å². The van der Waals surface area contributed by atoms with E-state index < -0.39 is 0 Å². The molecule has 0 aliphatic carbocycles. The van der Waals surface area contributed by atoms with Crippen LogP contribution in [0.2, 0.25) is 0 Å². The number of likely N-dealkylation sites (N-methyl/N-ethyl adjacent to an activating group) is 1. The number of benzene rings is 2. The third-order valence-corrected chi connectivity index (χ3v) is 4.08. The van der Waals surface area contributed by atoms with Gasteiger partial charge in [-0.15, -0.1) is 12.4 Å². The summed E-state index contributed by atoms with van der Waals surface area (Å²) in [5, 5.41) is 9.03. The standard InChI is InChI=1S/C21H27N3O2.ClH/c1-3-22-13-14-23-20(25)15-19(17-7-5-4-6-8-17)24-21(26)18-11-9-16(2)10-12-18;/h4-12,19,22H,3,13-15H2,1-2H3,(H,23,25)(H,24,26);1H. The fraction of sp³-hybridized carbons (Fsp3) is 0.333. The Balaban J connectivity index is 0.00000364. The minimum atomic E-state index is -0.371. The molecule has 0 saturated heterocycles. The van der Waals surface area contributed by atoms with Gasteiger partial charge >= 0.3 is 0 Å². The van der Waals surface area contributed by atoms with Gasteiger partial charge in [0.05, 0.1) is 12.5 Å². The summed E-state index contributed by atoms with van der Waals surface area (Å²) in [5.74, 6) is -0.264. The highest BCUT2D eigenvalue weighted by Crippen LogP contribution is 2.17. The van der Waals surface area contributed by atoms with Crippen LogP contribution < -0.4 is 16.0 Å². The number of nitrogens with one attached hydrogen (secondary N) is 3. The molecule has 6 heteroatoms. The molecule has 3 N–H and O–H groups in total. The molecule has 0 aliphatic heterocycles. The Hall–Kier alpha value is -2.37. The second kappa shape index (κ2) is 12.1. The number of carbonyl (C=O) groups is 2. The molecule has 0 fully saturated rings. The molecule has 1 atom stereocenters. The lowest BCUT2D eigenvalue weighted by atomic mass is 10.0. The summed E-state index contributed by atoms with van der Waals surface area (Å²) >= 11 is 0. The van der Waals surface area contributed by atoms with Crippen molar-refractivity contribution in [2.75, 3.05) is 19.6 Å². The van der Waals surface area contributed by atoms with Crippen LogP contribution in [-0.4, -0.2) is 31.4 Å². The van der Waals surface area contributed by atoms with Gasteiger partial charge in [-0.3, -0.25) is 9.59 Å². The zero-order valence-electron chi connectivity index (χ0n) is 15.8. The third-order valence-electron chi connectivity index (χ3n) is 4.08. The van der Waals surface area contributed by atoms with Gasteiger partial charge in [0.2, 0.25) is 5.91 Å². The van der Waals surface area contributed by atoms with Crippen molar-refractivity contribution >= 4 is 24.2 Å². The van der Waals surface area contributed by atoms with Crippen LogP contribution in [0.5, 0.6) is 0 Å². The van der Waals surface area contributed by atoms with Crippen LogP contribution in [-0.2, 0) is 4.79 Å². The van der Waals surface area contributed by atoms with E-state index in [-0.39, 0.29) is 36.7 Å². The topological polar surface area (TPSA) is 70.2 Å². The summed E-state index contributed by atoms with van der Waals surface area (Å²) < 4.78 is 0. The summed E-state index contributed by atoms with van der Waals surface area (Å²) in [6.45, 7) is 6.17. The molecular formula is C21H28ClN3O2. The Morgan fingerprint density at radius 2 is 1.63 bits per heavy atom. The van der Waals surface area contributed by atoms with Crippen LogP contribution in [0.1, 0.15) is 40.9 Å². The maximum absolute atomic E-state index is 12.6. The average Bonchev–Trinajstić information content (AvgIpc) is 2.66. The SMILES string of the molecule is CCNCCNC(=O)CC(NC(=O)c1ccc(C)cc1)c1ccccc1.Cl. The molecule has 1 unspecified atom stereocenters. The number of rotatable bonds is 9. The van der Waals surface area contributed by atoms with E-state index in [9.17, 15) is 9.59 Å². The maximum atomic E-state index is 12.6. The number of hydrogen-bond acceptors (Lipinski definition) is 3. The minimum absolute atomic E-state index is 0. The number of halogens is 1. The van der Waals surface area contributed by atoms with Crippen LogP contribution in [0.15, 0.2) is 54.6 Å². The lowest BCUT2D eigenvalue weighted by molar-refractivity contribution is -0.121. The van der Waals surface area contributed by atoms with Crippen LogP contribution in [0, 0.1) is 6.92 Å². The van der Waals surface area contributed by atoms with Gasteiger partial charge < -0.3 is 16.0 Å². The normalized spacial score (nSPS) is 11.2. The predicted octanol–water partition coefficient (Wildman–Crippen LogP) is 3.00. The van der Waals surface area contributed by atoms with Gasteiger partial charge in [0.25, 0.3) is 5.91 Å². The molecule has 27 heavy (non-hydrogen) atoms. The van der Waals surface area contributed by atoms with Crippen molar-refractivity contribution in [3.05, 3.63) is 71.3 Å². The molecule has 0 heterocycles. The van der Waals surface area contributed by atoms with Crippen molar-refractivity contribution in [2.45, 2.75) is 26.3 Å². The van der Waals surface area contributed by atoms with Gasteiger partial charge in [-0.2, -0.15) is 0 Å². The summed E-state index contributed by atoms with van der Waals surface area (Å²) in [4.78, 5) is 24.8. The maximum Gasteiger partial charge on any atom is 0.251 e. The number of hydrogen-bond donors (Lipinski definition) is 3. The van der Waals surface area contributed by atoms with Gasteiger partial charge in [0, 0.05) is 18.7 Å². The summed E-state index contributed by atoms with van der Waals surface area (Å²) in [6, 6.07) is 16.6. The molecule has 2 aromatic carbocycles. The molecule has 0 saturated carbocycles. The molecular weight excluding hydrogens is 362 g/mol. The summed E-state index contributed by atoms with van der Waals surface area (Å²) in [6.07, 6.45) is 0.202. The first-order chi connectivity index (χ1) is 12.6. The van der Waals surface area contributed by atoms with E-state index >= 15 is 0 Å². The lowest BCUT2D eigenvalue weighted by Gasteiger charge is -2.19. The first-order valence-electron chi connectivity index (χ1n) is 9.00. The van der Waals surface area contributed by atoms with Gasteiger partial charge in [0.1, 0.15) is 0 Å². The van der Waals surface area contributed by atoms with E-state index in [2.05, 4.69) is 16.0 Å². The van der Waals surface area contributed by atoms with Crippen molar-refractivity contribution < 1.29 is 9.59 Å². The van der Waals surface area contributed by atoms with Crippen molar-refractivity contribution in [2.24, 2.45) is 0 Å². The van der Waals surface area contributed by atoms with Crippen molar-refractivity contribution in [1.29, 1.82) is 0 Å². The second-order valence-electron chi connectivity index (χ2n) is 6.21. The Morgan fingerprint density at radius 1 is 0.963 bits per heavy atom. The van der Waals surface area contributed by atoms with E-state index in [0.717, 1.165) is 24.2 Å². The summed E-state index contributed by atoms with van der Waals surface area (Å²) in [7, 11) is 0. The van der Waals surface area contributed by atoms with E-state index in [4.69, 9.17) is 0 Å². The van der Waals surface area contributed by atoms with E-state index in [0.29, 0.717) is 12.1 Å². The Morgan fingerprint density at radius 3 is 2.26 bits per heavy atom. The first kappa shape index (κ1) is 22.7. The van der Waals surface area contributed by atoms with Gasteiger partial charge in [0.15, 0.2) is 0 Å². The van der Waals surface area contributed by atoms with Crippen LogP contribution in [0.25, 0.3) is 0 Å². The Labute approximate surface area is 167 Å². The molecule has 2 rings (SSSR count). The van der Waals surface area contributed by atoms with Crippen molar-refractivity contribution in [3.8, 4) is 0 Å². The fourth-order valence-corrected chi connectivity index (χ4v) is 2.61. The van der Waals surface area contributed by atoms with Crippen LogP contribution >= 0.6 is 12.4 Å². The molecule has 2 amide bonds. The van der Waals surface area contributed by atoms with Crippen molar-refractivity contribution in [3.63, 3.8) is 0 Å². The number of aryl methyl sites for hydroxylation is 1. The second-order valence-corrected chi connectivity index (χ2v) is 6.21. The minimum Gasteiger partial charge on any atom is -0.355 e. The fourth-order valence-electron chi connectivity index (χ4n) is 2.61. The Kier molecular flexibility index (Phi) is 10.2. The van der Waals surface area contributed by atoms with Crippen LogP contribution in [0.3, 0.4) is 0 Å². The largest absolute Gasteiger partial charge is 0.355 e. The zero-order valence-corrected chi connectivity index (χ0v) is 16.6. The highest BCUT2D eigenvalue weighted by atomic mass is 35.5. The van der Waals surface area contributed by atoms with E-state index in [1.165, 1.54) is 0 Å². The third kappa shape index (κ3) is 7.81. The molecule has 146 valence electrons. The molecule has 0 aromatic heterocycles. The van der Waals surface area contributed by atoms with E-state index in [1.807, 2.05) is 56.3 Å². The summed E-state index contributed by atoms with van der Waals surface area (Å²) in [5.41, 5.74) is 2.60. The molecule has 0 radical (unpaired) electrons. The molecule has 0 spiro atoms. The first-order valence-corrected chi connectivity index (χ1v) is 9.00. The highest BCUT2D eigenvalue weighted by molar-refractivity contribution is 5.94. The molecule has 0 bridgehead atoms. The monoisotopic (exact) mass is 389 g/mol. The predicted molar refractivity (Wildman–Crippen MR) is 111 cm³/mol. The number of amides is 2.